The number of hydrogen-bond donors (Lipinski definition) is 1. The molecule has 1 aromatic carbocycles. The molecule has 0 heterocycles. The molecule has 0 unspecified atom stereocenters. The molecule has 4 nitrogen and oxygen atoms in total. The average Bonchev–Trinajstić information content (AvgIpc) is 2.47. The third kappa shape index (κ3) is 13.7. The van der Waals surface area contributed by atoms with Gasteiger partial charge in [-0.15, -0.1) is 0 Å². The molecular formula is C18H27ClNO3+. The Morgan fingerprint density at radius 3 is 2.39 bits per heavy atom. The van der Waals surface area contributed by atoms with E-state index in [0.717, 1.165) is 18.4 Å². The second-order valence-corrected chi connectivity index (χ2v) is 5.92. The van der Waals surface area contributed by atoms with E-state index in [0.29, 0.717) is 18.7 Å². The highest BCUT2D eigenvalue weighted by molar-refractivity contribution is 6.27. The predicted molar refractivity (Wildman–Crippen MR) is 95.1 cm³/mol. The molecule has 0 spiro atoms. The zero-order valence-electron chi connectivity index (χ0n) is 14.2. The van der Waals surface area contributed by atoms with Crippen molar-refractivity contribution in [3.63, 3.8) is 0 Å². The van der Waals surface area contributed by atoms with E-state index < -0.39 is 0 Å². The number of ether oxygens (including phenoxy) is 1. The lowest BCUT2D eigenvalue weighted by atomic mass is 10.2. The van der Waals surface area contributed by atoms with Gasteiger partial charge in [0.15, 0.2) is 0 Å². The van der Waals surface area contributed by atoms with Crippen LogP contribution >= 0.6 is 11.6 Å². The maximum Gasteiger partial charge on any atom is 0.333 e. The number of quaternary nitrogens is 1. The molecule has 0 aliphatic rings. The first-order valence-electron chi connectivity index (χ1n) is 7.46. The molecule has 5 heteroatoms. The van der Waals surface area contributed by atoms with Crippen molar-refractivity contribution in [2.45, 2.75) is 19.8 Å². The number of halogens is 1. The topological polar surface area (TPSA) is 46.5 Å². The van der Waals surface area contributed by atoms with Crippen LogP contribution in [0.15, 0.2) is 48.0 Å². The van der Waals surface area contributed by atoms with Gasteiger partial charge in [0.1, 0.15) is 6.54 Å². The minimum atomic E-state index is -0.345. The van der Waals surface area contributed by atoms with E-state index in [1.54, 1.807) is 21.0 Å². The third-order valence-corrected chi connectivity index (χ3v) is 2.86. The molecule has 128 valence electrons. The molecule has 0 saturated heterocycles. The first-order chi connectivity index (χ1) is 10.8. The van der Waals surface area contributed by atoms with Crippen molar-refractivity contribution in [2.24, 2.45) is 0 Å². The number of unbranched alkanes of at least 4 members (excludes halogenated alkanes) is 1. The Bertz CT molecular complexity index is 493. The lowest BCUT2D eigenvalue weighted by Gasteiger charge is -2.18. The maximum atomic E-state index is 10.9. The summed E-state index contributed by atoms with van der Waals surface area (Å²) in [5, 5.41) is 9.33. The summed E-state index contributed by atoms with van der Waals surface area (Å²) in [4.78, 5) is 10.9. The van der Waals surface area contributed by atoms with Crippen LogP contribution in [0.2, 0.25) is 0 Å². The predicted octanol–water partition coefficient (Wildman–Crippen LogP) is 4.25. The third-order valence-electron chi connectivity index (χ3n) is 2.74. The molecule has 0 aliphatic carbocycles. The number of rotatable bonds is 7. The van der Waals surface area contributed by atoms with Crippen molar-refractivity contribution >= 4 is 23.6 Å². The van der Waals surface area contributed by atoms with Crippen LogP contribution in [0.1, 0.15) is 25.3 Å². The van der Waals surface area contributed by atoms with Gasteiger partial charge in [-0.3, -0.25) is 0 Å². The Kier molecular flexibility index (Phi) is 11.0. The van der Waals surface area contributed by atoms with E-state index >= 15 is 0 Å². The van der Waals surface area contributed by atoms with Gasteiger partial charge in [0, 0.05) is 17.5 Å². The fourth-order valence-corrected chi connectivity index (χ4v) is 1.67. The summed E-state index contributed by atoms with van der Waals surface area (Å²) in [6.07, 6.45) is 3.44. The van der Waals surface area contributed by atoms with E-state index in [4.69, 9.17) is 16.3 Å². The highest BCUT2D eigenvalue weighted by Crippen LogP contribution is 2.01. The Hall–Kier alpha value is -1.62. The first-order valence-corrected chi connectivity index (χ1v) is 7.90. The zero-order chi connectivity index (χ0) is 17.7. The quantitative estimate of drug-likeness (QED) is 0.265. The first kappa shape index (κ1) is 21.4. The summed E-state index contributed by atoms with van der Waals surface area (Å²) in [5.41, 5.74) is 3.06. The molecule has 0 amide bonds. The smallest absolute Gasteiger partial charge is 0.333 e. The summed E-state index contributed by atoms with van der Waals surface area (Å²) in [6.45, 7) is 6.15. The van der Waals surface area contributed by atoms with Gasteiger partial charge in [-0.2, -0.15) is 4.65 Å². The van der Waals surface area contributed by atoms with Crippen LogP contribution in [0.4, 0.5) is 0 Å². The number of esters is 1. The van der Waals surface area contributed by atoms with E-state index in [1.165, 1.54) is 5.54 Å². The van der Waals surface area contributed by atoms with Crippen LogP contribution in [0.5, 0.6) is 0 Å². The van der Waals surface area contributed by atoms with Crippen molar-refractivity contribution in [1.82, 2.24) is 0 Å². The molecule has 1 rings (SSSR count). The molecule has 1 N–H and O–H groups in total. The van der Waals surface area contributed by atoms with Crippen molar-refractivity contribution < 1.29 is 19.4 Å². The monoisotopic (exact) mass is 340 g/mol. The van der Waals surface area contributed by atoms with Gasteiger partial charge in [0.25, 0.3) is 0 Å². The van der Waals surface area contributed by atoms with E-state index in [1.807, 2.05) is 36.4 Å². The molecule has 23 heavy (non-hydrogen) atoms. The molecule has 0 saturated carbocycles. The molecule has 0 fully saturated rings. The van der Waals surface area contributed by atoms with Crippen LogP contribution in [-0.4, -0.2) is 43.1 Å². The summed E-state index contributed by atoms with van der Waals surface area (Å²) in [6, 6.07) is 9.93. The number of hydrogen-bond acceptors (Lipinski definition) is 3. The second kappa shape index (κ2) is 11.9. The summed E-state index contributed by atoms with van der Waals surface area (Å²) in [7, 11) is 3.42. The van der Waals surface area contributed by atoms with Crippen molar-refractivity contribution in [3.05, 3.63) is 53.6 Å². The molecule has 0 atom stereocenters. The van der Waals surface area contributed by atoms with Crippen molar-refractivity contribution in [1.29, 1.82) is 0 Å². The number of benzene rings is 1. The van der Waals surface area contributed by atoms with Gasteiger partial charge >= 0.3 is 5.97 Å². The average molecular weight is 341 g/mol. The number of carbonyl (C=O) groups is 1. The molecule has 0 aromatic heterocycles. The lowest BCUT2D eigenvalue weighted by molar-refractivity contribution is -1.07. The van der Waals surface area contributed by atoms with Crippen LogP contribution in [0, 0.1) is 0 Å². The largest absolute Gasteiger partial charge is 0.462 e. The number of carbonyl (C=O) groups excluding carboxylic acids is 1. The van der Waals surface area contributed by atoms with E-state index in [-0.39, 0.29) is 10.6 Å². The highest BCUT2D eigenvalue weighted by atomic mass is 35.5. The highest BCUT2D eigenvalue weighted by Gasteiger charge is 2.09. The van der Waals surface area contributed by atoms with Crippen LogP contribution < -0.4 is 0 Å². The number of nitrogens with zero attached hydrogens (tertiary/aromatic N) is 1. The second-order valence-electron chi connectivity index (χ2n) is 5.67. The Morgan fingerprint density at radius 1 is 1.30 bits per heavy atom. The Balaban J connectivity index is 0.000000459. The summed E-state index contributed by atoms with van der Waals surface area (Å²) >= 11 is 5.36. The van der Waals surface area contributed by atoms with Crippen molar-refractivity contribution in [3.8, 4) is 0 Å². The van der Waals surface area contributed by atoms with Gasteiger partial charge in [-0.1, -0.05) is 48.5 Å². The zero-order valence-corrected chi connectivity index (χ0v) is 14.9. The normalized spacial score (nSPS) is 10.8. The molecule has 0 aliphatic heterocycles. The van der Waals surface area contributed by atoms with Gasteiger partial charge in [0.2, 0.25) is 0 Å². The maximum absolute atomic E-state index is 10.9. The lowest BCUT2D eigenvalue weighted by Crippen LogP contribution is -2.36. The SMILES string of the molecule is C=C(C)C(=O)OCCCC[N+](C)(C)O.ClC=Cc1ccccc1. The molecular weight excluding hydrogens is 314 g/mol. The standard InChI is InChI=1S/C10H20NO3.C8H7Cl/c1-9(2)10(12)14-8-6-5-7-11(3,4)13;9-7-6-8-4-2-1-3-5-8/h13H,1,5-8H2,2-4H3;1-7H/q+1;. The minimum absolute atomic E-state index is 0.0472. The Morgan fingerprint density at radius 2 is 1.91 bits per heavy atom. The van der Waals surface area contributed by atoms with Gasteiger partial charge in [-0.25, -0.2) is 10.0 Å². The van der Waals surface area contributed by atoms with E-state index in [2.05, 4.69) is 6.58 Å². The summed E-state index contributed by atoms with van der Waals surface area (Å²) in [5.74, 6) is -0.345. The molecule has 0 bridgehead atoms. The molecule has 0 radical (unpaired) electrons. The fourth-order valence-electron chi connectivity index (χ4n) is 1.53. The number of hydroxylamine groups is 3. The van der Waals surface area contributed by atoms with Crippen LogP contribution in [-0.2, 0) is 9.53 Å². The summed E-state index contributed by atoms with van der Waals surface area (Å²) < 4.78 is 4.84. The van der Waals surface area contributed by atoms with Gasteiger partial charge in [-0.05, 0) is 25.0 Å². The van der Waals surface area contributed by atoms with Gasteiger partial charge < -0.3 is 4.74 Å². The van der Waals surface area contributed by atoms with Gasteiger partial charge in [0.05, 0.1) is 20.7 Å². The fraction of sp³-hybridized carbons (Fsp3) is 0.389. The van der Waals surface area contributed by atoms with Crippen LogP contribution in [0.25, 0.3) is 6.08 Å². The Labute approximate surface area is 144 Å². The molecule has 1 aromatic rings. The van der Waals surface area contributed by atoms with E-state index in [9.17, 15) is 10.0 Å². The van der Waals surface area contributed by atoms with Crippen molar-refractivity contribution in [2.75, 3.05) is 27.2 Å². The van der Waals surface area contributed by atoms with Crippen LogP contribution in [0.3, 0.4) is 0 Å². The minimum Gasteiger partial charge on any atom is -0.462 e.